The Morgan fingerprint density at radius 3 is 2.04 bits per heavy atom. The number of nitrogens with zero attached hydrogens (tertiary/aromatic N) is 1. The summed E-state index contributed by atoms with van der Waals surface area (Å²) in [6.07, 6.45) is 5.51. The van der Waals surface area contributed by atoms with Gasteiger partial charge >= 0.3 is 0 Å². The summed E-state index contributed by atoms with van der Waals surface area (Å²) in [5.41, 5.74) is 5.81. The van der Waals surface area contributed by atoms with Crippen molar-refractivity contribution in [2.24, 2.45) is 0 Å². The molecule has 23 heavy (non-hydrogen) atoms. The number of rotatable bonds is 1. The van der Waals surface area contributed by atoms with Gasteiger partial charge in [0.15, 0.2) is 0 Å². The summed E-state index contributed by atoms with van der Waals surface area (Å²) in [5.74, 6) is 2.71. The minimum Gasteiger partial charge on any atom is -0.236 e. The molecule has 108 valence electrons. The topological polar surface area (TPSA) is 12.9 Å². The van der Waals surface area contributed by atoms with Crippen LogP contribution in [-0.2, 0) is 0 Å². The van der Waals surface area contributed by atoms with E-state index in [4.69, 9.17) is 6.42 Å². The van der Waals surface area contributed by atoms with Crippen molar-refractivity contribution in [2.45, 2.75) is 0 Å². The van der Waals surface area contributed by atoms with Crippen molar-refractivity contribution >= 4 is 21.6 Å². The van der Waals surface area contributed by atoms with Crippen LogP contribution in [0.25, 0.3) is 31.9 Å². The van der Waals surface area contributed by atoms with Gasteiger partial charge in [0.05, 0.1) is 10.2 Å². The molecular weight excluding hydrogens is 298 g/mol. The molecule has 2 aliphatic rings. The Morgan fingerprint density at radius 2 is 1.43 bits per heavy atom. The average Bonchev–Trinajstić information content (AvgIpc) is 3.02. The number of benzene rings is 3. The van der Waals surface area contributed by atoms with E-state index in [9.17, 15) is 0 Å². The third-order valence-corrected chi connectivity index (χ3v) is 4.89. The van der Waals surface area contributed by atoms with Crippen molar-refractivity contribution in [1.82, 2.24) is 4.98 Å². The van der Waals surface area contributed by atoms with Gasteiger partial charge in [-0.3, -0.25) is 0 Å². The fourth-order valence-electron chi connectivity index (χ4n) is 2.45. The van der Waals surface area contributed by atoms with E-state index in [0.717, 1.165) is 21.7 Å². The average molecular weight is 311 g/mol. The number of fused-ring (bicyclic) bond motifs is 2. The van der Waals surface area contributed by atoms with E-state index in [1.807, 2.05) is 42.5 Å². The molecule has 5 rings (SSSR count). The lowest BCUT2D eigenvalue weighted by molar-refractivity contribution is 1.47. The van der Waals surface area contributed by atoms with E-state index < -0.39 is 0 Å². The molecule has 0 saturated heterocycles. The maximum absolute atomic E-state index is 5.51. The monoisotopic (exact) mass is 311 g/mol. The molecule has 3 aromatic rings. The Bertz CT molecular complexity index is 966. The second-order valence-electron chi connectivity index (χ2n) is 5.25. The van der Waals surface area contributed by atoms with Crippen molar-refractivity contribution in [2.75, 3.05) is 0 Å². The van der Waals surface area contributed by atoms with Crippen LogP contribution >= 0.6 is 11.3 Å². The highest BCUT2D eigenvalue weighted by atomic mass is 32.1. The molecule has 0 radical (unpaired) electrons. The first kappa shape index (κ1) is 13.8. The van der Waals surface area contributed by atoms with Crippen molar-refractivity contribution in [1.29, 1.82) is 0 Å². The molecule has 2 aromatic carbocycles. The van der Waals surface area contributed by atoms with Crippen LogP contribution in [0.2, 0.25) is 0 Å². The molecule has 1 nitrogen and oxygen atoms in total. The molecule has 0 aliphatic heterocycles. The first-order valence-electron chi connectivity index (χ1n) is 7.37. The zero-order valence-corrected chi connectivity index (χ0v) is 13.2. The highest BCUT2D eigenvalue weighted by Crippen LogP contribution is 2.31. The first-order valence-corrected chi connectivity index (χ1v) is 8.19. The van der Waals surface area contributed by atoms with Crippen LogP contribution in [0, 0.1) is 12.3 Å². The maximum Gasteiger partial charge on any atom is 0.125 e. The molecule has 1 aromatic heterocycles. The second-order valence-corrected chi connectivity index (χ2v) is 6.28. The number of hydrogen-bond donors (Lipinski definition) is 0. The summed E-state index contributed by atoms with van der Waals surface area (Å²) >= 11 is 1.67. The maximum atomic E-state index is 5.51. The standard InChI is InChI=1S/C15H9NS.C6H4/c1-2-11-7-3-4-8-12(11)15-16-13-9-5-6-10-14(13)17-15;1-2-6-4-3-5(1)6/h1,3-10H;1-4H. The van der Waals surface area contributed by atoms with Gasteiger partial charge in [-0.2, -0.15) is 0 Å². The lowest BCUT2D eigenvalue weighted by atomic mass is 9.95. The van der Waals surface area contributed by atoms with Crippen molar-refractivity contribution in [3.8, 4) is 34.0 Å². The molecular formula is C21H13NS. The fraction of sp³-hybridized carbons (Fsp3) is 0. The molecule has 0 fully saturated rings. The van der Waals surface area contributed by atoms with Crippen molar-refractivity contribution < 1.29 is 0 Å². The molecule has 2 aliphatic carbocycles. The van der Waals surface area contributed by atoms with Crippen LogP contribution in [0.4, 0.5) is 0 Å². The van der Waals surface area contributed by atoms with Crippen molar-refractivity contribution in [3.05, 3.63) is 78.4 Å². The quantitative estimate of drug-likeness (QED) is 0.367. The van der Waals surface area contributed by atoms with Crippen LogP contribution < -0.4 is 0 Å². The van der Waals surface area contributed by atoms with Gasteiger partial charge in [-0.05, 0) is 29.3 Å². The van der Waals surface area contributed by atoms with E-state index in [-0.39, 0.29) is 0 Å². The predicted molar refractivity (Wildman–Crippen MR) is 98.4 cm³/mol. The SMILES string of the molecule is C#Cc1ccccc1-c1nc2ccccc2s1.c1cc2ccc1-2. The second kappa shape index (κ2) is 5.72. The molecule has 0 saturated carbocycles. The molecule has 0 atom stereocenters. The zero-order chi connectivity index (χ0) is 15.6. The summed E-state index contributed by atoms with van der Waals surface area (Å²) in [5, 5.41) is 0.986. The van der Waals surface area contributed by atoms with E-state index >= 15 is 0 Å². The van der Waals surface area contributed by atoms with Gasteiger partial charge in [0.2, 0.25) is 0 Å². The number of terminal acetylenes is 1. The minimum atomic E-state index is 0.895. The van der Waals surface area contributed by atoms with E-state index in [1.165, 1.54) is 15.8 Å². The zero-order valence-electron chi connectivity index (χ0n) is 12.4. The number of aromatic nitrogens is 1. The van der Waals surface area contributed by atoms with Gasteiger partial charge in [-0.15, -0.1) is 17.8 Å². The third-order valence-electron chi connectivity index (χ3n) is 3.83. The fourth-order valence-corrected chi connectivity index (χ4v) is 3.45. The number of para-hydroxylation sites is 1. The Morgan fingerprint density at radius 1 is 0.783 bits per heavy atom. The van der Waals surface area contributed by atoms with Gasteiger partial charge in [-0.1, -0.05) is 60.5 Å². The molecule has 0 N–H and O–H groups in total. The van der Waals surface area contributed by atoms with Crippen molar-refractivity contribution in [3.63, 3.8) is 0 Å². The minimum absolute atomic E-state index is 0.895. The van der Waals surface area contributed by atoms with Crippen LogP contribution in [0.3, 0.4) is 0 Å². The lowest BCUT2D eigenvalue weighted by Gasteiger charge is -2.10. The highest BCUT2D eigenvalue weighted by Gasteiger charge is 2.08. The Balaban J connectivity index is 0.000000186. The third kappa shape index (κ3) is 2.52. The van der Waals surface area contributed by atoms with Crippen LogP contribution in [0.5, 0.6) is 0 Å². The van der Waals surface area contributed by atoms with Crippen LogP contribution in [0.15, 0.2) is 72.8 Å². The van der Waals surface area contributed by atoms with Gasteiger partial charge in [0.1, 0.15) is 5.01 Å². The van der Waals surface area contributed by atoms with E-state index in [2.05, 4.69) is 41.2 Å². The molecule has 0 unspecified atom stereocenters. The lowest BCUT2D eigenvalue weighted by Crippen LogP contribution is -1.85. The normalized spacial score (nSPS) is 10.6. The molecule has 1 heterocycles. The molecule has 0 spiro atoms. The number of thiazole rings is 1. The predicted octanol–water partition coefficient (Wildman–Crippen LogP) is 5.61. The van der Waals surface area contributed by atoms with E-state index in [1.54, 1.807) is 11.3 Å². The largest absolute Gasteiger partial charge is 0.236 e. The molecule has 0 amide bonds. The highest BCUT2D eigenvalue weighted by molar-refractivity contribution is 7.21. The molecule has 0 bridgehead atoms. The Labute approximate surface area is 139 Å². The smallest absolute Gasteiger partial charge is 0.125 e. The number of hydrogen-bond acceptors (Lipinski definition) is 2. The summed E-state index contributed by atoms with van der Waals surface area (Å²) in [6.45, 7) is 0. The summed E-state index contributed by atoms with van der Waals surface area (Å²) in [6, 6.07) is 24.5. The summed E-state index contributed by atoms with van der Waals surface area (Å²) in [4.78, 5) is 4.61. The van der Waals surface area contributed by atoms with Gasteiger partial charge in [0.25, 0.3) is 0 Å². The first-order chi connectivity index (χ1) is 11.3. The summed E-state index contributed by atoms with van der Waals surface area (Å²) in [7, 11) is 0. The van der Waals surface area contributed by atoms with Gasteiger partial charge in [0, 0.05) is 11.1 Å². The Hall–Kier alpha value is -2.89. The Kier molecular flexibility index (Phi) is 3.42. The van der Waals surface area contributed by atoms with Crippen LogP contribution in [0.1, 0.15) is 5.56 Å². The van der Waals surface area contributed by atoms with Gasteiger partial charge in [-0.25, -0.2) is 4.98 Å². The van der Waals surface area contributed by atoms with Crippen LogP contribution in [-0.4, -0.2) is 4.98 Å². The van der Waals surface area contributed by atoms with Gasteiger partial charge < -0.3 is 0 Å². The van der Waals surface area contributed by atoms with E-state index in [0.29, 0.717) is 0 Å². The summed E-state index contributed by atoms with van der Waals surface area (Å²) < 4.78 is 1.19. The molecule has 2 heteroatoms.